The molecule has 7 atom stereocenters. The Bertz CT molecular complexity index is 724. The first-order chi connectivity index (χ1) is 16.0. The average molecular weight is 479 g/mol. The highest BCUT2D eigenvalue weighted by molar-refractivity contribution is 5.70. The number of hydrogen-bond acceptors (Lipinski definition) is 6. The Morgan fingerprint density at radius 2 is 1.94 bits per heavy atom. The zero-order chi connectivity index (χ0) is 25.3. The van der Waals surface area contributed by atoms with Crippen LogP contribution in [0.4, 0.5) is 0 Å². The Balaban J connectivity index is 2.12. The third kappa shape index (κ3) is 9.53. The second kappa shape index (κ2) is 13.4. The van der Waals surface area contributed by atoms with Gasteiger partial charge in [0.2, 0.25) is 0 Å². The van der Waals surface area contributed by atoms with Crippen molar-refractivity contribution in [3.05, 3.63) is 23.8 Å². The summed E-state index contributed by atoms with van der Waals surface area (Å²) in [6.45, 7) is 9.08. The second-order valence-electron chi connectivity index (χ2n) is 10.7. The zero-order valence-corrected chi connectivity index (χ0v) is 21.8. The van der Waals surface area contributed by atoms with Crippen LogP contribution in [0.25, 0.3) is 0 Å². The van der Waals surface area contributed by atoms with Crippen LogP contribution in [-0.4, -0.2) is 46.1 Å². The van der Waals surface area contributed by atoms with Crippen LogP contribution in [0.15, 0.2) is 23.8 Å². The summed E-state index contributed by atoms with van der Waals surface area (Å²) in [6, 6.07) is 0. The molecule has 2 rings (SSSR count). The van der Waals surface area contributed by atoms with E-state index in [1.807, 2.05) is 19.9 Å². The smallest absolute Gasteiger partial charge is 0.309 e. The molecule has 1 fully saturated rings. The van der Waals surface area contributed by atoms with E-state index in [0.717, 1.165) is 11.5 Å². The molecule has 1 aliphatic heterocycles. The van der Waals surface area contributed by atoms with Gasteiger partial charge in [-0.1, -0.05) is 58.1 Å². The van der Waals surface area contributed by atoms with E-state index < -0.39 is 35.9 Å². The Hall–Kier alpha value is -1.66. The van der Waals surface area contributed by atoms with Crippen LogP contribution in [0.2, 0.25) is 0 Å². The molecule has 6 heteroatoms. The molecule has 7 unspecified atom stereocenters. The Morgan fingerprint density at radius 3 is 2.62 bits per heavy atom. The number of aliphatic hydroxyl groups excluding tert-OH is 1. The van der Waals surface area contributed by atoms with Crippen LogP contribution >= 0.6 is 0 Å². The SMILES string of the molecule is CCCCCCCC1CC1/C=C(\C)C1OC(=O)CC(O)CCC(C)(O)C(OC(C)=O)/C=C/C1C. The number of carbonyl (C=O) groups is 2. The third-order valence-corrected chi connectivity index (χ3v) is 7.20. The molecule has 0 aromatic carbocycles. The monoisotopic (exact) mass is 478 g/mol. The van der Waals surface area contributed by atoms with Gasteiger partial charge in [-0.15, -0.1) is 0 Å². The van der Waals surface area contributed by atoms with Crippen molar-refractivity contribution < 1.29 is 29.3 Å². The maximum atomic E-state index is 12.6. The summed E-state index contributed by atoms with van der Waals surface area (Å²) in [4.78, 5) is 24.2. The minimum atomic E-state index is -1.36. The van der Waals surface area contributed by atoms with Crippen LogP contribution in [0, 0.1) is 17.8 Å². The molecule has 194 valence electrons. The molecule has 1 saturated carbocycles. The van der Waals surface area contributed by atoms with Crippen LogP contribution in [0.3, 0.4) is 0 Å². The number of rotatable bonds is 9. The molecule has 2 N–H and O–H groups in total. The van der Waals surface area contributed by atoms with Crippen LogP contribution < -0.4 is 0 Å². The van der Waals surface area contributed by atoms with Crippen molar-refractivity contribution in [3.8, 4) is 0 Å². The lowest BCUT2D eigenvalue weighted by Gasteiger charge is -2.32. The molecule has 34 heavy (non-hydrogen) atoms. The van der Waals surface area contributed by atoms with Gasteiger partial charge in [-0.2, -0.15) is 0 Å². The Morgan fingerprint density at radius 1 is 1.24 bits per heavy atom. The van der Waals surface area contributed by atoms with Crippen molar-refractivity contribution in [3.63, 3.8) is 0 Å². The summed E-state index contributed by atoms with van der Waals surface area (Å²) in [7, 11) is 0. The van der Waals surface area contributed by atoms with E-state index in [-0.39, 0.29) is 25.2 Å². The van der Waals surface area contributed by atoms with E-state index >= 15 is 0 Å². The number of allylic oxidation sites excluding steroid dienone is 1. The summed E-state index contributed by atoms with van der Waals surface area (Å²) >= 11 is 0. The number of esters is 2. The van der Waals surface area contributed by atoms with Gasteiger partial charge < -0.3 is 19.7 Å². The molecule has 0 amide bonds. The van der Waals surface area contributed by atoms with Gasteiger partial charge >= 0.3 is 11.9 Å². The Kier molecular flexibility index (Phi) is 11.3. The van der Waals surface area contributed by atoms with E-state index in [1.54, 1.807) is 13.0 Å². The van der Waals surface area contributed by atoms with Crippen LogP contribution in [0.5, 0.6) is 0 Å². The van der Waals surface area contributed by atoms with Gasteiger partial charge in [0.05, 0.1) is 12.5 Å². The van der Waals surface area contributed by atoms with E-state index in [2.05, 4.69) is 13.0 Å². The molecule has 0 saturated heterocycles. The summed E-state index contributed by atoms with van der Waals surface area (Å²) in [5.74, 6) is 0.142. The highest BCUT2D eigenvalue weighted by atomic mass is 16.6. The zero-order valence-electron chi connectivity index (χ0n) is 21.8. The van der Waals surface area contributed by atoms with Gasteiger partial charge in [0.15, 0.2) is 0 Å². The number of ether oxygens (including phenoxy) is 2. The summed E-state index contributed by atoms with van der Waals surface area (Å²) < 4.78 is 11.2. The maximum Gasteiger partial charge on any atom is 0.309 e. The first kappa shape index (κ1) is 28.6. The molecule has 2 aliphatic rings. The highest BCUT2D eigenvalue weighted by Gasteiger charge is 2.37. The number of cyclic esters (lactones) is 1. The van der Waals surface area contributed by atoms with Gasteiger partial charge in [0, 0.05) is 12.8 Å². The second-order valence-corrected chi connectivity index (χ2v) is 10.7. The fraction of sp³-hybridized carbons (Fsp3) is 0.786. The summed E-state index contributed by atoms with van der Waals surface area (Å²) in [6.07, 6.45) is 12.7. The number of hydrogen-bond donors (Lipinski definition) is 2. The van der Waals surface area contributed by atoms with Gasteiger partial charge in [0.1, 0.15) is 17.8 Å². The molecule has 0 aromatic heterocycles. The van der Waals surface area contributed by atoms with Gasteiger partial charge in [-0.3, -0.25) is 9.59 Å². The largest absolute Gasteiger partial charge is 0.457 e. The first-order valence-corrected chi connectivity index (χ1v) is 13.2. The number of unbranched alkanes of at least 4 members (excludes halogenated alkanes) is 4. The van der Waals surface area contributed by atoms with Crippen molar-refractivity contribution >= 4 is 11.9 Å². The fourth-order valence-corrected chi connectivity index (χ4v) is 4.88. The summed E-state index contributed by atoms with van der Waals surface area (Å²) in [5, 5.41) is 21.2. The van der Waals surface area contributed by atoms with Gasteiger partial charge in [-0.05, 0) is 63.0 Å². The highest BCUT2D eigenvalue weighted by Crippen LogP contribution is 2.44. The van der Waals surface area contributed by atoms with Crippen molar-refractivity contribution in [1.29, 1.82) is 0 Å². The minimum Gasteiger partial charge on any atom is -0.457 e. The average Bonchev–Trinajstić information content (AvgIpc) is 3.49. The van der Waals surface area contributed by atoms with E-state index in [4.69, 9.17) is 9.47 Å². The molecule has 0 aromatic rings. The van der Waals surface area contributed by atoms with Crippen molar-refractivity contribution in [2.45, 2.75) is 123 Å². The predicted octanol–water partition coefficient (Wildman–Crippen LogP) is 5.26. The van der Waals surface area contributed by atoms with Gasteiger partial charge in [-0.25, -0.2) is 0 Å². The Labute approximate surface area is 205 Å². The summed E-state index contributed by atoms with van der Waals surface area (Å²) in [5.41, 5.74) is -0.351. The van der Waals surface area contributed by atoms with Crippen molar-refractivity contribution in [2.24, 2.45) is 17.8 Å². The molecule has 1 aliphatic carbocycles. The molecule has 0 radical (unpaired) electrons. The maximum absolute atomic E-state index is 12.6. The molecule has 0 spiro atoms. The number of carbonyl (C=O) groups excluding carboxylic acids is 2. The number of aliphatic hydroxyl groups is 2. The normalized spacial score (nSPS) is 36.1. The molecular weight excluding hydrogens is 432 g/mol. The molecule has 0 bridgehead atoms. The van der Waals surface area contributed by atoms with Crippen molar-refractivity contribution in [2.75, 3.05) is 0 Å². The quantitative estimate of drug-likeness (QED) is 0.267. The van der Waals surface area contributed by atoms with Crippen LogP contribution in [-0.2, 0) is 19.1 Å². The lowest BCUT2D eigenvalue weighted by atomic mass is 9.88. The van der Waals surface area contributed by atoms with E-state index in [1.165, 1.54) is 51.9 Å². The standard InChI is InChI=1S/C28H46O6/c1-6-7-8-9-10-11-22-17-23(22)16-20(3)27-19(2)12-13-25(33-21(4)29)28(5,32)15-14-24(30)18-26(31)34-27/h12-13,16,19,22-25,27,30,32H,6-11,14-15,17-18H2,1-5H3/b13-12+,20-16+. The third-order valence-electron chi connectivity index (χ3n) is 7.20. The lowest BCUT2D eigenvalue weighted by molar-refractivity contribution is -0.157. The molecule has 1 heterocycles. The molecule has 6 nitrogen and oxygen atoms in total. The molecular formula is C28H46O6. The van der Waals surface area contributed by atoms with E-state index in [0.29, 0.717) is 5.92 Å². The van der Waals surface area contributed by atoms with E-state index in [9.17, 15) is 19.8 Å². The van der Waals surface area contributed by atoms with Crippen LogP contribution in [0.1, 0.15) is 98.8 Å². The van der Waals surface area contributed by atoms with Crippen molar-refractivity contribution in [1.82, 2.24) is 0 Å². The minimum absolute atomic E-state index is 0.127. The topological polar surface area (TPSA) is 93.1 Å². The fourth-order valence-electron chi connectivity index (χ4n) is 4.88. The predicted molar refractivity (Wildman–Crippen MR) is 133 cm³/mol. The first-order valence-electron chi connectivity index (χ1n) is 13.2. The van der Waals surface area contributed by atoms with Gasteiger partial charge in [0.25, 0.3) is 0 Å². The lowest BCUT2D eigenvalue weighted by Crippen LogP contribution is -2.42.